The first kappa shape index (κ1) is 22.4. The number of hydrogen-bond acceptors (Lipinski definition) is 6. The Morgan fingerprint density at radius 2 is 1.70 bits per heavy atom. The van der Waals surface area contributed by atoms with Crippen LogP contribution >= 0.6 is 0 Å². The van der Waals surface area contributed by atoms with Gasteiger partial charge in [0.05, 0.1) is 10.4 Å². The molecule has 164 valence electrons. The zero-order valence-electron chi connectivity index (χ0n) is 17.8. The number of carbonyl (C=O) groups is 1. The lowest BCUT2D eigenvalue weighted by Gasteiger charge is -2.30. The number of nitrogens with zero attached hydrogens (tertiary/aromatic N) is 3. The Kier molecular flexibility index (Phi) is 6.92. The number of nitrogens with one attached hydrogen (secondary N) is 1. The first-order valence-electron chi connectivity index (χ1n) is 10.6. The third-order valence-corrected chi connectivity index (χ3v) is 7.26. The molecule has 1 aromatic carbocycles. The Morgan fingerprint density at radius 3 is 2.20 bits per heavy atom. The molecule has 0 spiro atoms. The van der Waals surface area contributed by atoms with Crippen molar-refractivity contribution in [3.63, 3.8) is 0 Å². The molecule has 1 N–H and O–H groups in total. The second-order valence-corrected chi connectivity index (χ2v) is 9.42. The van der Waals surface area contributed by atoms with Gasteiger partial charge < -0.3 is 9.42 Å². The van der Waals surface area contributed by atoms with Gasteiger partial charge in [-0.05, 0) is 51.0 Å². The van der Waals surface area contributed by atoms with Crippen LogP contribution in [0.1, 0.15) is 74.4 Å². The molecule has 0 unspecified atom stereocenters. The SMILES string of the molecule is CCN(CC)C(=O)c1ccc(S(=O)(=O)NC2(c3noc(C)n3)CCCCCC2)cc1. The summed E-state index contributed by atoms with van der Waals surface area (Å²) in [4.78, 5) is 18.7. The summed E-state index contributed by atoms with van der Waals surface area (Å²) in [7, 11) is -3.84. The Hall–Kier alpha value is -2.26. The Labute approximate surface area is 178 Å². The smallest absolute Gasteiger partial charge is 0.253 e. The number of rotatable bonds is 7. The second-order valence-electron chi connectivity index (χ2n) is 7.74. The highest BCUT2D eigenvalue weighted by Gasteiger charge is 2.41. The summed E-state index contributed by atoms with van der Waals surface area (Å²) in [6.45, 7) is 6.72. The van der Waals surface area contributed by atoms with Gasteiger partial charge in [0, 0.05) is 25.6 Å². The molecule has 1 saturated carbocycles. The van der Waals surface area contributed by atoms with Gasteiger partial charge in [0.2, 0.25) is 15.9 Å². The fourth-order valence-corrected chi connectivity index (χ4v) is 5.41. The van der Waals surface area contributed by atoms with E-state index in [1.165, 1.54) is 12.1 Å². The lowest BCUT2D eigenvalue weighted by Crippen LogP contribution is -2.46. The van der Waals surface area contributed by atoms with Gasteiger partial charge in [-0.2, -0.15) is 9.71 Å². The Morgan fingerprint density at radius 1 is 1.10 bits per heavy atom. The van der Waals surface area contributed by atoms with E-state index < -0.39 is 15.6 Å². The van der Waals surface area contributed by atoms with Crippen LogP contribution in [-0.4, -0.2) is 42.5 Å². The molecular formula is C21H30N4O4S. The van der Waals surface area contributed by atoms with E-state index >= 15 is 0 Å². The number of carbonyl (C=O) groups excluding carboxylic acids is 1. The van der Waals surface area contributed by atoms with Crippen LogP contribution in [0.5, 0.6) is 0 Å². The zero-order chi connectivity index (χ0) is 21.8. The summed E-state index contributed by atoms with van der Waals surface area (Å²) in [5.41, 5.74) is -0.418. The van der Waals surface area contributed by atoms with Crippen LogP contribution in [0.4, 0.5) is 0 Å². The normalized spacial score (nSPS) is 16.8. The van der Waals surface area contributed by atoms with Gasteiger partial charge in [-0.3, -0.25) is 4.79 Å². The maximum absolute atomic E-state index is 13.2. The van der Waals surface area contributed by atoms with E-state index in [-0.39, 0.29) is 10.8 Å². The minimum Gasteiger partial charge on any atom is -0.340 e. The van der Waals surface area contributed by atoms with Gasteiger partial charge in [0.15, 0.2) is 5.82 Å². The van der Waals surface area contributed by atoms with Crippen LogP contribution in [0.15, 0.2) is 33.7 Å². The van der Waals surface area contributed by atoms with Crippen molar-refractivity contribution < 1.29 is 17.7 Å². The maximum Gasteiger partial charge on any atom is 0.253 e. The summed E-state index contributed by atoms with van der Waals surface area (Å²) in [6.07, 6.45) is 5.08. The van der Waals surface area contributed by atoms with Crippen LogP contribution in [0.25, 0.3) is 0 Å². The third kappa shape index (κ3) is 4.73. The molecule has 1 aliphatic rings. The fraction of sp³-hybridized carbons (Fsp3) is 0.571. The minimum absolute atomic E-state index is 0.112. The van der Waals surface area contributed by atoms with E-state index in [9.17, 15) is 13.2 Å². The van der Waals surface area contributed by atoms with Gasteiger partial charge in [0.25, 0.3) is 5.91 Å². The molecule has 1 aliphatic carbocycles. The van der Waals surface area contributed by atoms with Gasteiger partial charge in [-0.25, -0.2) is 8.42 Å². The van der Waals surface area contributed by atoms with E-state index in [0.29, 0.717) is 43.2 Å². The van der Waals surface area contributed by atoms with Gasteiger partial charge in [-0.15, -0.1) is 0 Å². The summed E-state index contributed by atoms with van der Waals surface area (Å²) >= 11 is 0. The molecule has 1 amide bonds. The topological polar surface area (TPSA) is 105 Å². The predicted molar refractivity (Wildman–Crippen MR) is 112 cm³/mol. The average Bonchev–Trinajstić information content (AvgIpc) is 3.04. The van der Waals surface area contributed by atoms with Crippen molar-refractivity contribution in [2.24, 2.45) is 0 Å². The molecular weight excluding hydrogens is 404 g/mol. The Bertz CT molecular complexity index is 957. The highest BCUT2D eigenvalue weighted by Crippen LogP contribution is 2.36. The summed E-state index contributed by atoms with van der Waals surface area (Å²) in [5, 5.41) is 4.04. The number of sulfonamides is 1. The van der Waals surface area contributed by atoms with E-state index in [0.717, 1.165) is 25.7 Å². The van der Waals surface area contributed by atoms with Crippen molar-refractivity contribution in [3.05, 3.63) is 41.5 Å². The first-order valence-corrected chi connectivity index (χ1v) is 12.0. The van der Waals surface area contributed by atoms with Crippen LogP contribution in [-0.2, 0) is 15.6 Å². The summed E-state index contributed by atoms with van der Waals surface area (Å²) < 4.78 is 34.5. The maximum atomic E-state index is 13.2. The van der Waals surface area contributed by atoms with Crippen molar-refractivity contribution in [2.45, 2.75) is 69.7 Å². The number of aromatic nitrogens is 2. The van der Waals surface area contributed by atoms with Gasteiger partial charge in [0.1, 0.15) is 0 Å². The van der Waals surface area contributed by atoms with Crippen LogP contribution in [0.2, 0.25) is 0 Å². The molecule has 1 heterocycles. The molecule has 1 aromatic heterocycles. The molecule has 1 fully saturated rings. The van der Waals surface area contributed by atoms with Crippen molar-refractivity contribution in [1.29, 1.82) is 0 Å². The quantitative estimate of drug-likeness (QED) is 0.670. The van der Waals surface area contributed by atoms with E-state index in [1.807, 2.05) is 13.8 Å². The molecule has 30 heavy (non-hydrogen) atoms. The summed E-state index contributed by atoms with van der Waals surface area (Å²) in [5.74, 6) is 0.685. The highest BCUT2D eigenvalue weighted by atomic mass is 32.2. The fourth-order valence-electron chi connectivity index (χ4n) is 3.98. The molecule has 0 bridgehead atoms. The second kappa shape index (κ2) is 9.26. The largest absolute Gasteiger partial charge is 0.340 e. The van der Waals surface area contributed by atoms with E-state index in [1.54, 1.807) is 24.0 Å². The number of aryl methyl sites for hydroxylation is 1. The van der Waals surface area contributed by atoms with Crippen molar-refractivity contribution in [3.8, 4) is 0 Å². The first-order chi connectivity index (χ1) is 14.3. The molecule has 9 heteroatoms. The molecule has 0 aliphatic heterocycles. The van der Waals surface area contributed by atoms with Crippen LogP contribution in [0, 0.1) is 6.92 Å². The molecule has 0 radical (unpaired) electrons. The average molecular weight is 435 g/mol. The van der Waals surface area contributed by atoms with Crippen LogP contribution in [0.3, 0.4) is 0 Å². The van der Waals surface area contributed by atoms with Gasteiger partial charge in [-0.1, -0.05) is 30.8 Å². The van der Waals surface area contributed by atoms with Crippen molar-refractivity contribution in [2.75, 3.05) is 13.1 Å². The lowest BCUT2D eigenvalue weighted by atomic mass is 9.91. The monoisotopic (exact) mass is 434 g/mol. The minimum atomic E-state index is -3.84. The third-order valence-electron chi connectivity index (χ3n) is 5.70. The molecule has 8 nitrogen and oxygen atoms in total. The van der Waals surface area contributed by atoms with Crippen molar-refractivity contribution >= 4 is 15.9 Å². The highest BCUT2D eigenvalue weighted by molar-refractivity contribution is 7.89. The number of hydrogen-bond donors (Lipinski definition) is 1. The molecule has 0 atom stereocenters. The Balaban J connectivity index is 1.89. The van der Waals surface area contributed by atoms with E-state index in [4.69, 9.17) is 4.52 Å². The zero-order valence-corrected chi connectivity index (χ0v) is 18.7. The predicted octanol–water partition coefficient (Wildman–Crippen LogP) is 3.39. The van der Waals surface area contributed by atoms with E-state index in [2.05, 4.69) is 14.9 Å². The molecule has 0 saturated heterocycles. The number of benzene rings is 1. The van der Waals surface area contributed by atoms with Gasteiger partial charge >= 0.3 is 0 Å². The molecule has 2 aromatic rings. The summed E-state index contributed by atoms with van der Waals surface area (Å²) in [6, 6.07) is 6.08. The van der Waals surface area contributed by atoms with Crippen molar-refractivity contribution in [1.82, 2.24) is 19.8 Å². The molecule has 3 rings (SSSR count). The van der Waals surface area contributed by atoms with Crippen LogP contribution < -0.4 is 4.72 Å². The lowest BCUT2D eigenvalue weighted by molar-refractivity contribution is 0.0773. The number of amides is 1. The standard InChI is InChI=1S/C21H30N4O4S/c1-4-25(5-2)19(26)17-10-12-18(13-11-17)30(27,28)24-21(14-8-6-7-9-15-21)20-22-16(3)29-23-20/h10-13,24H,4-9,14-15H2,1-3H3.